The van der Waals surface area contributed by atoms with E-state index < -0.39 is 0 Å². The summed E-state index contributed by atoms with van der Waals surface area (Å²) >= 11 is 5.54. The van der Waals surface area contributed by atoms with Gasteiger partial charge in [0, 0.05) is 18.5 Å². The van der Waals surface area contributed by atoms with Crippen molar-refractivity contribution < 1.29 is 0 Å². The standard InChI is InChI=1S/C8H15ClN4/c1-7(2)13-8(11-6-12-13)5-10-4-3-9/h6-7,10H,3-5H2,1-2H3. The highest BCUT2D eigenvalue weighted by Gasteiger charge is 2.05. The summed E-state index contributed by atoms with van der Waals surface area (Å²) in [4.78, 5) is 4.16. The highest BCUT2D eigenvalue weighted by Crippen LogP contribution is 2.04. The van der Waals surface area contributed by atoms with Gasteiger partial charge in [0.2, 0.25) is 0 Å². The molecule has 74 valence electrons. The van der Waals surface area contributed by atoms with E-state index in [1.165, 1.54) is 0 Å². The maximum Gasteiger partial charge on any atom is 0.141 e. The third kappa shape index (κ3) is 2.97. The molecule has 1 rings (SSSR count). The molecule has 5 heteroatoms. The molecule has 1 aromatic heterocycles. The minimum atomic E-state index is 0.357. The summed E-state index contributed by atoms with van der Waals surface area (Å²) < 4.78 is 1.90. The van der Waals surface area contributed by atoms with E-state index in [1.807, 2.05) is 4.68 Å². The Bertz CT molecular complexity index is 246. The second-order valence-electron chi connectivity index (χ2n) is 3.08. The van der Waals surface area contributed by atoms with Crippen LogP contribution in [-0.4, -0.2) is 27.2 Å². The Kier molecular flexibility index (Phi) is 4.18. The van der Waals surface area contributed by atoms with Gasteiger partial charge in [-0.3, -0.25) is 0 Å². The Hall–Kier alpha value is -0.610. The van der Waals surface area contributed by atoms with Crippen molar-refractivity contribution >= 4 is 11.6 Å². The van der Waals surface area contributed by atoms with Crippen molar-refractivity contribution in [2.75, 3.05) is 12.4 Å². The van der Waals surface area contributed by atoms with Gasteiger partial charge in [-0.1, -0.05) is 0 Å². The fourth-order valence-corrected chi connectivity index (χ4v) is 1.23. The van der Waals surface area contributed by atoms with Crippen LogP contribution in [0.15, 0.2) is 6.33 Å². The second-order valence-corrected chi connectivity index (χ2v) is 3.46. The summed E-state index contributed by atoms with van der Waals surface area (Å²) in [5.74, 6) is 1.58. The fraction of sp³-hybridized carbons (Fsp3) is 0.750. The van der Waals surface area contributed by atoms with E-state index in [0.29, 0.717) is 11.9 Å². The minimum absolute atomic E-state index is 0.357. The van der Waals surface area contributed by atoms with E-state index >= 15 is 0 Å². The predicted molar refractivity (Wildman–Crippen MR) is 52.8 cm³/mol. The van der Waals surface area contributed by atoms with Gasteiger partial charge in [0.25, 0.3) is 0 Å². The van der Waals surface area contributed by atoms with Gasteiger partial charge in [-0.2, -0.15) is 5.10 Å². The average Bonchev–Trinajstić information content (AvgIpc) is 2.53. The first kappa shape index (κ1) is 10.5. The van der Waals surface area contributed by atoms with Gasteiger partial charge < -0.3 is 5.32 Å². The summed E-state index contributed by atoms with van der Waals surface area (Å²) in [6.07, 6.45) is 1.58. The highest BCUT2D eigenvalue weighted by atomic mass is 35.5. The van der Waals surface area contributed by atoms with Crippen LogP contribution in [0.5, 0.6) is 0 Å². The van der Waals surface area contributed by atoms with Crippen molar-refractivity contribution in [1.82, 2.24) is 20.1 Å². The van der Waals surface area contributed by atoms with Crippen molar-refractivity contribution in [3.8, 4) is 0 Å². The van der Waals surface area contributed by atoms with Crippen molar-refractivity contribution in [2.24, 2.45) is 0 Å². The molecule has 1 aromatic rings. The number of hydrogen-bond donors (Lipinski definition) is 1. The van der Waals surface area contributed by atoms with Crippen LogP contribution in [-0.2, 0) is 6.54 Å². The second kappa shape index (κ2) is 5.19. The van der Waals surface area contributed by atoms with E-state index in [2.05, 4.69) is 29.2 Å². The van der Waals surface area contributed by atoms with Gasteiger partial charge in [0.1, 0.15) is 12.2 Å². The number of rotatable bonds is 5. The normalized spacial score (nSPS) is 11.1. The third-order valence-corrected chi connectivity index (χ3v) is 1.88. The molecule has 0 unspecified atom stereocenters. The first-order valence-electron chi connectivity index (χ1n) is 4.40. The molecule has 0 fully saturated rings. The van der Waals surface area contributed by atoms with E-state index in [-0.39, 0.29) is 0 Å². The molecule has 13 heavy (non-hydrogen) atoms. The van der Waals surface area contributed by atoms with Crippen LogP contribution >= 0.6 is 11.6 Å². The Morgan fingerprint density at radius 2 is 2.38 bits per heavy atom. The number of halogens is 1. The molecule has 0 atom stereocenters. The molecular formula is C8H15ClN4. The van der Waals surface area contributed by atoms with Gasteiger partial charge in [0.05, 0.1) is 6.54 Å². The van der Waals surface area contributed by atoms with Crippen molar-refractivity contribution in [3.05, 3.63) is 12.2 Å². The summed E-state index contributed by atoms with van der Waals surface area (Å²) in [7, 11) is 0. The Morgan fingerprint density at radius 3 is 3.00 bits per heavy atom. The highest BCUT2D eigenvalue weighted by molar-refractivity contribution is 6.18. The van der Waals surface area contributed by atoms with Gasteiger partial charge in [-0.15, -0.1) is 11.6 Å². The largest absolute Gasteiger partial charge is 0.309 e. The Labute approximate surface area is 83.3 Å². The summed E-state index contributed by atoms with van der Waals surface area (Å²) in [5.41, 5.74) is 0. The van der Waals surface area contributed by atoms with Crippen LogP contribution in [0.1, 0.15) is 25.7 Å². The Morgan fingerprint density at radius 1 is 1.62 bits per heavy atom. The van der Waals surface area contributed by atoms with E-state index in [9.17, 15) is 0 Å². The van der Waals surface area contributed by atoms with E-state index in [0.717, 1.165) is 18.9 Å². The van der Waals surface area contributed by atoms with Crippen LogP contribution < -0.4 is 5.32 Å². The maximum absolute atomic E-state index is 5.54. The number of aromatic nitrogens is 3. The molecule has 0 saturated heterocycles. The predicted octanol–water partition coefficient (Wildman–Crippen LogP) is 1.19. The molecular weight excluding hydrogens is 188 g/mol. The van der Waals surface area contributed by atoms with Crippen LogP contribution in [0.3, 0.4) is 0 Å². The zero-order valence-electron chi connectivity index (χ0n) is 8.00. The average molecular weight is 203 g/mol. The molecule has 0 radical (unpaired) electrons. The number of alkyl halides is 1. The van der Waals surface area contributed by atoms with Crippen LogP contribution in [0.4, 0.5) is 0 Å². The van der Waals surface area contributed by atoms with Crippen LogP contribution in [0.25, 0.3) is 0 Å². The Balaban J connectivity index is 2.50. The maximum atomic E-state index is 5.54. The summed E-state index contributed by atoms with van der Waals surface area (Å²) in [6, 6.07) is 0.357. The third-order valence-electron chi connectivity index (χ3n) is 1.69. The summed E-state index contributed by atoms with van der Waals surface area (Å²) in [6.45, 7) is 5.69. The van der Waals surface area contributed by atoms with Gasteiger partial charge >= 0.3 is 0 Å². The van der Waals surface area contributed by atoms with Crippen molar-refractivity contribution in [2.45, 2.75) is 26.4 Å². The topological polar surface area (TPSA) is 42.7 Å². The van der Waals surface area contributed by atoms with Crippen molar-refractivity contribution in [1.29, 1.82) is 0 Å². The fourth-order valence-electron chi connectivity index (χ4n) is 1.10. The SMILES string of the molecule is CC(C)n1ncnc1CNCCCl. The lowest BCUT2D eigenvalue weighted by molar-refractivity contribution is 0.493. The van der Waals surface area contributed by atoms with Crippen LogP contribution in [0, 0.1) is 0 Å². The van der Waals surface area contributed by atoms with Gasteiger partial charge in [0.15, 0.2) is 0 Å². The molecule has 0 spiro atoms. The molecule has 0 aromatic carbocycles. The van der Waals surface area contributed by atoms with E-state index in [4.69, 9.17) is 11.6 Å². The van der Waals surface area contributed by atoms with Crippen LogP contribution in [0.2, 0.25) is 0 Å². The monoisotopic (exact) mass is 202 g/mol. The molecule has 4 nitrogen and oxygen atoms in total. The number of nitrogens with zero attached hydrogens (tertiary/aromatic N) is 3. The smallest absolute Gasteiger partial charge is 0.141 e. The molecule has 0 aliphatic carbocycles. The molecule has 0 aliphatic rings. The molecule has 0 amide bonds. The first-order valence-corrected chi connectivity index (χ1v) is 4.94. The molecule has 0 aliphatic heterocycles. The van der Waals surface area contributed by atoms with Crippen molar-refractivity contribution in [3.63, 3.8) is 0 Å². The lowest BCUT2D eigenvalue weighted by atomic mass is 10.4. The van der Waals surface area contributed by atoms with Gasteiger partial charge in [-0.05, 0) is 13.8 Å². The zero-order chi connectivity index (χ0) is 9.68. The molecule has 0 saturated carbocycles. The number of hydrogen-bond acceptors (Lipinski definition) is 3. The molecule has 1 heterocycles. The minimum Gasteiger partial charge on any atom is -0.309 e. The lowest BCUT2D eigenvalue weighted by Gasteiger charge is -2.09. The molecule has 0 bridgehead atoms. The van der Waals surface area contributed by atoms with E-state index in [1.54, 1.807) is 6.33 Å². The number of nitrogens with one attached hydrogen (secondary N) is 1. The first-order chi connectivity index (χ1) is 6.25. The zero-order valence-corrected chi connectivity index (χ0v) is 8.75. The van der Waals surface area contributed by atoms with Gasteiger partial charge in [-0.25, -0.2) is 9.67 Å². The lowest BCUT2D eigenvalue weighted by Crippen LogP contribution is -2.20. The molecule has 1 N–H and O–H groups in total. The quantitative estimate of drug-likeness (QED) is 0.576. The summed E-state index contributed by atoms with van der Waals surface area (Å²) in [5, 5.41) is 7.30.